The van der Waals surface area contributed by atoms with Gasteiger partial charge in [-0.25, -0.2) is 8.78 Å². The Balaban J connectivity index is 1.09. The first-order valence-electron chi connectivity index (χ1n) is 18.4. The lowest BCUT2D eigenvalue weighted by Crippen LogP contribution is -2.10. The molecular formula is C49H35F2N3. The number of allylic oxidation sites excluding steroid dienone is 1. The van der Waals surface area contributed by atoms with E-state index in [-0.39, 0.29) is 0 Å². The molecule has 0 N–H and O–H groups in total. The Hall–Kier alpha value is -6.72. The SMILES string of the molecule is CC1CC=Cc2c1c1cc(-c3ccc4c(c3)c3ccccc3n4-c3ccc(F)cc3F)ccc1n2-c1ccc(N(c2ccccc2)c2ccccc2)cc1. The molecule has 0 amide bonds. The summed E-state index contributed by atoms with van der Waals surface area (Å²) in [5, 5.41) is 3.28. The van der Waals surface area contributed by atoms with Gasteiger partial charge in [0.15, 0.2) is 0 Å². The van der Waals surface area contributed by atoms with E-state index in [4.69, 9.17) is 0 Å². The monoisotopic (exact) mass is 703 g/mol. The zero-order valence-electron chi connectivity index (χ0n) is 29.6. The van der Waals surface area contributed by atoms with Crippen molar-refractivity contribution in [3.05, 3.63) is 193 Å². The minimum atomic E-state index is -0.594. The molecule has 1 aliphatic rings. The number of aromatic nitrogens is 2. The van der Waals surface area contributed by atoms with Gasteiger partial charge in [0.25, 0.3) is 0 Å². The van der Waals surface area contributed by atoms with Crippen LogP contribution in [0.25, 0.3) is 61.3 Å². The summed E-state index contributed by atoms with van der Waals surface area (Å²) in [6.45, 7) is 2.31. The summed E-state index contributed by atoms with van der Waals surface area (Å²) in [6, 6.07) is 54.8. The Bertz CT molecular complexity index is 2850. The number of fused-ring (bicyclic) bond motifs is 6. The van der Waals surface area contributed by atoms with Crippen molar-refractivity contribution in [2.75, 3.05) is 4.90 Å². The van der Waals surface area contributed by atoms with E-state index in [2.05, 4.69) is 144 Å². The Morgan fingerprint density at radius 2 is 1.13 bits per heavy atom. The molecule has 0 spiro atoms. The van der Waals surface area contributed by atoms with Crippen molar-refractivity contribution in [2.45, 2.75) is 19.3 Å². The standard InChI is InChI=1S/C49H35F2N3/c1-32-11-10-18-48-49(32)42-30-34(33-19-26-45-41(29-33)40-16-8-9-17-44(40)54(45)47-28-21-35(50)31-43(47)51)20-27-46(42)53(48)39-24-22-38(23-25-39)52(36-12-4-2-5-13-36)37-14-6-3-7-15-37/h2-10,12-32H,11H2,1H3. The van der Waals surface area contributed by atoms with Gasteiger partial charge in [0.1, 0.15) is 11.6 Å². The van der Waals surface area contributed by atoms with Crippen LogP contribution in [0.15, 0.2) is 170 Å². The Kier molecular flexibility index (Phi) is 7.55. The third-order valence-electron chi connectivity index (χ3n) is 10.9. The Morgan fingerprint density at radius 1 is 0.537 bits per heavy atom. The smallest absolute Gasteiger partial charge is 0.150 e. The summed E-state index contributed by atoms with van der Waals surface area (Å²) in [7, 11) is 0. The van der Waals surface area contributed by atoms with Crippen LogP contribution in [0.4, 0.5) is 25.8 Å². The second kappa shape index (κ2) is 12.7. The van der Waals surface area contributed by atoms with Gasteiger partial charge >= 0.3 is 0 Å². The Labute approximate surface area is 312 Å². The number of hydrogen-bond donors (Lipinski definition) is 0. The third kappa shape index (κ3) is 5.15. The highest BCUT2D eigenvalue weighted by Gasteiger charge is 2.24. The molecule has 2 heterocycles. The van der Waals surface area contributed by atoms with Gasteiger partial charge < -0.3 is 14.0 Å². The molecule has 7 aromatic carbocycles. The number of anilines is 3. The first-order valence-corrected chi connectivity index (χ1v) is 18.4. The fourth-order valence-electron chi connectivity index (χ4n) is 8.40. The molecule has 1 aliphatic carbocycles. The van der Waals surface area contributed by atoms with Crippen molar-refractivity contribution in [3.8, 4) is 22.5 Å². The van der Waals surface area contributed by atoms with Crippen molar-refractivity contribution in [1.29, 1.82) is 0 Å². The van der Waals surface area contributed by atoms with Crippen LogP contribution in [0, 0.1) is 11.6 Å². The maximum atomic E-state index is 15.2. The van der Waals surface area contributed by atoms with E-state index in [1.165, 1.54) is 34.3 Å². The lowest BCUT2D eigenvalue weighted by Gasteiger charge is -2.25. The maximum Gasteiger partial charge on any atom is 0.150 e. The molecule has 3 nitrogen and oxygen atoms in total. The molecule has 0 radical (unpaired) electrons. The average molecular weight is 704 g/mol. The minimum Gasteiger partial charge on any atom is -0.311 e. The number of halogens is 2. The van der Waals surface area contributed by atoms with Gasteiger partial charge in [0.2, 0.25) is 0 Å². The summed E-state index contributed by atoms with van der Waals surface area (Å²) in [4.78, 5) is 2.28. The van der Waals surface area contributed by atoms with Crippen molar-refractivity contribution < 1.29 is 8.78 Å². The number of nitrogens with zero attached hydrogens (tertiary/aromatic N) is 3. The van der Waals surface area contributed by atoms with Gasteiger partial charge in [-0.2, -0.15) is 0 Å². The van der Waals surface area contributed by atoms with Crippen LogP contribution in [-0.2, 0) is 0 Å². The first-order chi connectivity index (χ1) is 26.5. The fraction of sp³-hybridized carbons (Fsp3) is 0.0612. The molecule has 0 fully saturated rings. The summed E-state index contributed by atoms with van der Waals surface area (Å²) in [5.41, 5.74) is 12.4. The highest BCUT2D eigenvalue weighted by molar-refractivity contribution is 6.10. The van der Waals surface area contributed by atoms with Crippen LogP contribution in [0.3, 0.4) is 0 Å². The molecule has 10 rings (SSSR count). The maximum absolute atomic E-state index is 15.2. The van der Waals surface area contributed by atoms with Gasteiger partial charge in [-0.1, -0.05) is 79.7 Å². The van der Waals surface area contributed by atoms with Gasteiger partial charge in [0, 0.05) is 50.7 Å². The molecule has 5 heteroatoms. The highest BCUT2D eigenvalue weighted by Crippen LogP contribution is 2.43. The topological polar surface area (TPSA) is 13.1 Å². The minimum absolute atomic E-state index is 0.327. The predicted molar refractivity (Wildman–Crippen MR) is 220 cm³/mol. The Morgan fingerprint density at radius 3 is 1.81 bits per heavy atom. The summed E-state index contributed by atoms with van der Waals surface area (Å²) in [5.74, 6) is -0.824. The second-order valence-electron chi connectivity index (χ2n) is 14.1. The molecule has 1 unspecified atom stereocenters. The molecule has 2 aromatic heterocycles. The lowest BCUT2D eigenvalue weighted by molar-refractivity contribution is 0.579. The zero-order valence-corrected chi connectivity index (χ0v) is 29.6. The van der Waals surface area contributed by atoms with E-state index >= 15 is 4.39 Å². The van der Waals surface area contributed by atoms with Gasteiger partial charge in [-0.3, -0.25) is 0 Å². The number of para-hydroxylation sites is 3. The molecule has 1 atom stereocenters. The molecular weight excluding hydrogens is 669 g/mol. The van der Waals surface area contributed by atoms with Crippen LogP contribution >= 0.6 is 0 Å². The molecule has 0 bridgehead atoms. The molecule has 0 saturated heterocycles. The van der Waals surface area contributed by atoms with Gasteiger partial charge in [0.05, 0.1) is 22.2 Å². The molecule has 0 aliphatic heterocycles. The van der Waals surface area contributed by atoms with Crippen molar-refractivity contribution in [3.63, 3.8) is 0 Å². The zero-order chi connectivity index (χ0) is 36.3. The third-order valence-corrected chi connectivity index (χ3v) is 10.9. The lowest BCUT2D eigenvalue weighted by atomic mass is 9.90. The van der Waals surface area contributed by atoms with Crippen molar-refractivity contribution >= 4 is 55.8 Å². The van der Waals surface area contributed by atoms with Crippen LogP contribution in [-0.4, -0.2) is 9.13 Å². The van der Waals surface area contributed by atoms with Crippen LogP contribution in [0.5, 0.6) is 0 Å². The highest BCUT2D eigenvalue weighted by atomic mass is 19.1. The van der Waals surface area contributed by atoms with Crippen molar-refractivity contribution in [1.82, 2.24) is 9.13 Å². The largest absolute Gasteiger partial charge is 0.311 e. The van der Waals surface area contributed by atoms with Crippen LogP contribution in [0.1, 0.15) is 30.5 Å². The van der Waals surface area contributed by atoms with E-state index < -0.39 is 11.6 Å². The van der Waals surface area contributed by atoms with E-state index in [9.17, 15) is 4.39 Å². The number of rotatable bonds is 6. The van der Waals surface area contributed by atoms with E-state index in [0.29, 0.717) is 11.6 Å². The number of hydrogen-bond acceptors (Lipinski definition) is 1. The van der Waals surface area contributed by atoms with Gasteiger partial charge in [-0.05, 0) is 126 Å². The molecule has 9 aromatic rings. The first kappa shape index (κ1) is 32.0. The summed E-state index contributed by atoms with van der Waals surface area (Å²) >= 11 is 0. The van der Waals surface area contributed by atoms with E-state index in [1.807, 2.05) is 34.9 Å². The normalized spacial score (nSPS) is 13.9. The van der Waals surface area contributed by atoms with Crippen LogP contribution in [0.2, 0.25) is 0 Å². The predicted octanol–water partition coefficient (Wildman–Crippen LogP) is 13.7. The second-order valence-corrected chi connectivity index (χ2v) is 14.1. The summed E-state index contributed by atoms with van der Waals surface area (Å²) in [6.07, 6.45) is 5.56. The average Bonchev–Trinajstić information content (AvgIpc) is 3.72. The van der Waals surface area contributed by atoms with Crippen molar-refractivity contribution in [2.24, 2.45) is 0 Å². The van der Waals surface area contributed by atoms with E-state index in [0.717, 1.165) is 68.2 Å². The molecule has 0 saturated carbocycles. The summed E-state index contributed by atoms with van der Waals surface area (Å²) < 4.78 is 33.4. The van der Waals surface area contributed by atoms with Gasteiger partial charge in [-0.15, -0.1) is 0 Å². The molecule has 54 heavy (non-hydrogen) atoms. The van der Waals surface area contributed by atoms with Crippen LogP contribution < -0.4 is 4.90 Å². The fourth-order valence-corrected chi connectivity index (χ4v) is 8.40. The van der Waals surface area contributed by atoms with E-state index in [1.54, 1.807) is 0 Å². The number of benzene rings is 7. The molecule has 260 valence electrons. The quantitative estimate of drug-likeness (QED) is 0.168.